The van der Waals surface area contributed by atoms with Crippen molar-refractivity contribution in [2.24, 2.45) is 0 Å². The van der Waals surface area contributed by atoms with Crippen LogP contribution < -0.4 is 10.1 Å². The van der Waals surface area contributed by atoms with Gasteiger partial charge in [-0.3, -0.25) is 4.79 Å². The molecule has 5 nitrogen and oxygen atoms in total. The number of halogens is 6. The van der Waals surface area contributed by atoms with Gasteiger partial charge in [-0.15, -0.1) is 13.2 Å². The lowest BCUT2D eigenvalue weighted by atomic mass is 9.94. The number of hydrogen-bond donors (Lipinski definition) is 1. The van der Waals surface area contributed by atoms with Crippen LogP contribution in [0.4, 0.5) is 26.3 Å². The van der Waals surface area contributed by atoms with E-state index >= 15 is 0 Å². The van der Waals surface area contributed by atoms with Crippen LogP contribution in [0.25, 0.3) is 5.69 Å². The Hall–Kier alpha value is -3.50. The average Bonchev–Trinajstić information content (AvgIpc) is 3.25. The Kier molecular flexibility index (Phi) is 5.38. The molecule has 11 heteroatoms. The highest BCUT2D eigenvalue weighted by Crippen LogP contribution is 2.39. The van der Waals surface area contributed by atoms with Gasteiger partial charge < -0.3 is 10.1 Å². The number of nitrogens with one attached hydrogen (secondary N) is 1. The van der Waals surface area contributed by atoms with Gasteiger partial charge in [-0.2, -0.15) is 18.3 Å². The SMILES string of the molecule is CC(C)c1c2c(nn1-c1ccc(OC(F)(F)F)cc1)C(=O)NC2c1cccc(C(F)(F)F)c1. The fourth-order valence-electron chi connectivity index (χ4n) is 3.85. The minimum absolute atomic E-state index is 0.0525. The molecule has 0 spiro atoms. The lowest BCUT2D eigenvalue weighted by Crippen LogP contribution is -2.23. The number of alkyl halides is 6. The molecule has 1 unspecified atom stereocenters. The fourth-order valence-corrected chi connectivity index (χ4v) is 3.85. The van der Waals surface area contributed by atoms with Crippen LogP contribution in [0.3, 0.4) is 0 Å². The van der Waals surface area contributed by atoms with Gasteiger partial charge in [-0.1, -0.05) is 26.0 Å². The van der Waals surface area contributed by atoms with E-state index in [1.54, 1.807) is 0 Å². The minimum atomic E-state index is -4.84. The van der Waals surface area contributed by atoms with Crippen molar-refractivity contribution in [1.82, 2.24) is 15.1 Å². The molecule has 1 aromatic heterocycles. The minimum Gasteiger partial charge on any atom is -0.406 e. The molecule has 3 aromatic rings. The third kappa shape index (κ3) is 4.39. The van der Waals surface area contributed by atoms with E-state index in [0.717, 1.165) is 24.3 Å². The van der Waals surface area contributed by atoms with Crippen LogP contribution >= 0.6 is 0 Å². The summed E-state index contributed by atoms with van der Waals surface area (Å²) in [4.78, 5) is 12.6. The zero-order valence-electron chi connectivity index (χ0n) is 17.3. The van der Waals surface area contributed by atoms with E-state index in [1.807, 2.05) is 13.8 Å². The number of aromatic nitrogens is 2. The Balaban J connectivity index is 1.79. The summed E-state index contributed by atoms with van der Waals surface area (Å²) >= 11 is 0. The first-order valence-corrected chi connectivity index (χ1v) is 9.82. The quantitative estimate of drug-likeness (QED) is 0.496. The Morgan fingerprint density at radius 3 is 2.27 bits per heavy atom. The van der Waals surface area contributed by atoms with Crippen LogP contribution in [0.2, 0.25) is 0 Å². The van der Waals surface area contributed by atoms with Crippen molar-refractivity contribution in [3.63, 3.8) is 0 Å². The molecule has 0 bridgehead atoms. The Morgan fingerprint density at radius 2 is 1.70 bits per heavy atom. The molecule has 1 aliphatic rings. The van der Waals surface area contributed by atoms with Gasteiger partial charge in [0.05, 0.1) is 23.0 Å². The summed E-state index contributed by atoms with van der Waals surface area (Å²) in [5.41, 5.74) is 0.809. The first-order chi connectivity index (χ1) is 15.3. The Labute approximate surface area is 184 Å². The maximum absolute atomic E-state index is 13.2. The zero-order valence-corrected chi connectivity index (χ0v) is 17.3. The molecule has 0 saturated heterocycles. The molecule has 2 aromatic carbocycles. The third-order valence-electron chi connectivity index (χ3n) is 5.15. The number of carbonyl (C=O) groups is 1. The smallest absolute Gasteiger partial charge is 0.406 e. The number of rotatable bonds is 4. The zero-order chi connectivity index (χ0) is 24.1. The van der Waals surface area contributed by atoms with Gasteiger partial charge in [0, 0.05) is 5.56 Å². The molecular formula is C22H17F6N3O2. The number of hydrogen-bond acceptors (Lipinski definition) is 3. The summed E-state index contributed by atoms with van der Waals surface area (Å²) in [6, 6.07) is 8.76. The second-order valence-corrected chi connectivity index (χ2v) is 7.79. The lowest BCUT2D eigenvalue weighted by molar-refractivity contribution is -0.274. The summed E-state index contributed by atoms with van der Waals surface area (Å²) in [5.74, 6) is -1.19. The molecule has 0 saturated carbocycles. The number of carbonyl (C=O) groups excluding carboxylic acids is 1. The summed E-state index contributed by atoms with van der Waals surface area (Å²) in [6.07, 6.45) is -9.39. The maximum atomic E-state index is 13.2. The molecule has 174 valence electrons. The molecule has 0 aliphatic carbocycles. The van der Waals surface area contributed by atoms with E-state index in [1.165, 1.54) is 28.9 Å². The Bertz CT molecular complexity index is 1200. The number of amides is 1. The van der Waals surface area contributed by atoms with Gasteiger partial charge in [0.25, 0.3) is 5.91 Å². The van der Waals surface area contributed by atoms with Crippen LogP contribution in [0.5, 0.6) is 5.75 Å². The first-order valence-electron chi connectivity index (χ1n) is 9.82. The standard InChI is InChI=1S/C22H17F6N3O2/c1-11(2)19-16-17(12-4-3-5-13(10-12)21(23,24)25)29-20(32)18(16)30-31(19)14-6-8-15(9-7-14)33-22(26,27)28/h3-11,17H,1-2H3,(H,29,32). The summed E-state index contributed by atoms with van der Waals surface area (Å²) < 4.78 is 82.3. The van der Waals surface area contributed by atoms with Crippen molar-refractivity contribution in [3.8, 4) is 11.4 Å². The van der Waals surface area contributed by atoms with E-state index in [4.69, 9.17) is 0 Å². The summed E-state index contributed by atoms with van der Waals surface area (Å²) in [7, 11) is 0. The van der Waals surface area contributed by atoms with Gasteiger partial charge in [0.2, 0.25) is 0 Å². The predicted molar refractivity (Wildman–Crippen MR) is 105 cm³/mol. The van der Waals surface area contributed by atoms with Crippen molar-refractivity contribution >= 4 is 5.91 Å². The van der Waals surface area contributed by atoms with Crippen LogP contribution in [0.1, 0.15) is 58.7 Å². The van der Waals surface area contributed by atoms with Gasteiger partial charge in [-0.05, 0) is 47.9 Å². The molecule has 4 rings (SSSR count). The summed E-state index contributed by atoms with van der Waals surface area (Å²) in [5, 5.41) is 7.01. The highest BCUT2D eigenvalue weighted by Gasteiger charge is 2.39. The normalized spacial score (nSPS) is 16.2. The van der Waals surface area contributed by atoms with Gasteiger partial charge in [-0.25, -0.2) is 4.68 Å². The van der Waals surface area contributed by atoms with Gasteiger partial charge >= 0.3 is 12.5 Å². The van der Waals surface area contributed by atoms with Crippen LogP contribution in [-0.4, -0.2) is 22.1 Å². The lowest BCUT2D eigenvalue weighted by Gasteiger charge is -2.19. The molecule has 1 atom stereocenters. The molecule has 0 fully saturated rings. The number of nitrogens with zero attached hydrogens (tertiary/aromatic N) is 2. The first kappa shape index (κ1) is 22.7. The van der Waals surface area contributed by atoms with Crippen molar-refractivity contribution in [2.75, 3.05) is 0 Å². The topological polar surface area (TPSA) is 56.2 Å². The van der Waals surface area contributed by atoms with Gasteiger partial charge in [0.15, 0.2) is 5.69 Å². The van der Waals surface area contributed by atoms with E-state index in [9.17, 15) is 31.1 Å². The fraction of sp³-hybridized carbons (Fsp3) is 0.273. The molecule has 2 heterocycles. The molecule has 1 amide bonds. The average molecular weight is 469 g/mol. The van der Waals surface area contributed by atoms with Gasteiger partial charge in [0.1, 0.15) is 5.75 Å². The van der Waals surface area contributed by atoms with Crippen molar-refractivity contribution < 1.29 is 35.9 Å². The molecule has 1 aliphatic heterocycles. The second-order valence-electron chi connectivity index (χ2n) is 7.79. The predicted octanol–water partition coefficient (Wildman–Crippen LogP) is 5.75. The van der Waals surface area contributed by atoms with Crippen molar-refractivity contribution in [1.29, 1.82) is 0 Å². The van der Waals surface area contributed by atoms with Crippen LogP contribution in [0.15, 0.2) is 48.5 Å². The molecular weight excluding hydrogens is 452 g/mol. The largest absolute Gasteiger partial charge is 0.573 e. The summed E-state index contributed by atoms with van der Waals surface area (Å²) in [6.45, 7) is 3.64. The highest BCUT2D eigenvalue weighted by molar-refractivity contribution is 5.98. The molecule has 1 N–H and O–H groups in total. The van der Waals surface area contributed by atoms with E-state index < -0.39 is 35.8 Å². The maximum Gasteiger partial charge on any atom is 0.573 e. The third-order valence-corrected chi connectivity index (χ3v) is 5.15. The molecule has 33 heavy (non-hydrogen) atoms. The molecule has 0 radical (unpaired) electrons. The van der Waals surface area contributed by atoms with E-state index in [0.29, 0.717) is 16.9 Å². The van der Waals surface area contributed by atoms with E-state index in [-0.39, 0.29) is 17.2 Å². The Morgan fingerprint density at radius 1 is 1.03 bits per heavy atom. The second kappa shape index (κ2) is 7.82. The number of benzene rings is 2. The van der Waals surface area contributed by atoms with Crippen LogP contribution in [0, 0.1) is 0 Å². The van der Waals surface area contributed by atoms with Crippen molar-refractivity contribution in [3.05, 3.63) is 76.6 Å². The van der Waals surface area contributed by atoms with Crippen LogP contribution in [-0.2, 0) is 6.18 Å². The number of ether oxygens (including phenoxy) is 1. The van der Waals surface area contributed by atoms with E-state index in [2.05, 4.69) is 15.2 Å². The number of fused-ring (bicyclic) bond motifs is 1. The monoisotopic (exact) mass is 469 g/mol. The van der Waals surface area contributed by atoms with Crippen molar-refractivity contribution in [2.45, 2.75) is 38.3 Å². The highest BCUT2D eigenvalue weighted by atomic mass is 19.4.